The van der Waals surface area contributed by atoms with Gasteiger partial charge in [-0.3, -0.25) is 5.32 Å². The normalized spacial score (nSPS) is 11.2. The smallest absolute Gasteiger partial charge is 0.320 e. The van der Waals surface area contributed by atoms with Crippen LogP contribution in [0.5, 0.6) is 0 Å². The second-order valence-corrected chi connectivity index (χ2v) is 6.66. The van der Waals surface area contributed by atoms with E-state index in [2.05, 4.69) is 41.6 Å². The highest BCUT2D eigenvalue weighted by Crippen LogP contribution is 2.19. The predicted molar refractivity (Wildman–Crippen MR) is 93.8 cm³/mol. The summed E-state index contributed by atoms with van der Waals surface area (Å²) in [5.74, 6) is 0.424. The standard InChI is InChI=1S/C18H24N4O2/c1-18(2,3)15-8-9-16(22-21-15)20-17(24)19-11-10-13-4-6-14(12-23)7-5-13/h4-9,23H,10-12H2,1-3H3,(H2,19,20,22,24). The van der Waals surface area contributed by atoms with Crippen molar-refractivity contribution in [2.24, 2.45) is 0 Å². The van der Waals surface area contributed by atoms with Crippen molar-refractivity contribution in [3.8, 4) is 0 Å². The van der Waals surface area contributed by atoms with Crippen LogP contribution in [0.15, 0.2) is 36.4 Å². The van der Waals surface area contributed by atoms with Gasteiger partial charge in [-0.05, 0) is 29.7 Å². The van der Waals surface area contributed by atoms with Gasteiger partial charge in [-0.2, -0.15) is 5.10 Å². The van der Waals surface area contributed by atoms with E-state index in [1.54, 1.807) is 6.07 Å². The highest BCUT2D eigenvalue weighted by atomic mass is 16.3. The first-order chi connectivity index (χ1) is 11.4. The molecule has 0 saturated carbocycles. The molecule has 0 radical (unpaired) electrons. The van der Waals surface area contributed by atoms with Gasteiger partial charge in [-0.25, -0.2) is 4.79 Å². The Morgan fingerprint density at radius 3 is 2.25 bits per heavy atom. The van der Waals surface area contributed by atoms with Crippen molar-refractivity contribution < 1.29 is 9.90 Å². The van der Waals surface area contributed by atoms with Gasteiger partial charge < -0.3 is 10.4 Å². The summed E-state index contributed by atoms with van der Waals surface area (Å²) in [4.78, 5) is 11.9. The summed E-state index contributed by atoms with van der Waals surface area (Å²) < 4.78 is 0. The number of urea groups is 1. The summed E-state index contributed by atoms with van der Waals surface area (Å²) in [6.07, 6.45) is 0.716. The molecule has 0 bridgehead atoms. The Hall–Kier alpha value is -2.47. The lowest BCUT2D eigenvalue weighted by atomic mass is 9.92. The molecule has 0 aliphatic rings. The molecule has 0 aliphatic heterocycles. The summed E-state index contributed by atoms with van der Waals surface area (Å²) in [5, 5.41) is 22.6. The number of benzene rings is 1. The number of rotatable bonds is 5. The molecule has 3 N–H and O–H groups in total. The van der Waals surface area contributed by atoms with Gasteiger partial charge in [-0.1, -0.05) is 45.0 Å². The summed E-state index contributed by atoms with van der Waals surface area (Å²) in [6, 6.07) is 11.0. The summed E-state index contributed by atoms with van der Waals surface area (Å²) in [5.41, 5.74) is 2.78. The zero-order valence-corrected chi connectivity index (χ0v) is 14.3. The number of amides is 2. The monoisotopic (exact) mass is 328 g/mol. The molecule has 0 fully saturated rings. The molecule has 6 nitrogen and oxygen atoms in total. The van der Waals surface area contributed by atoms with Crippen molar-refractivity contribution in [3.05, 3.63) is 53.2 Å². The minimum atomic E-state index is -0.306. The SMILES string of the molecule is CC(C)(C)c1ccc(NC(=O)NCCc2ccc(CO)cc2)nn1. The molecule has 0 aliphatic carbocycles. The Morgan fingerprint density at radius 1 is 1.04 bits per heavy atom. The van der Waals surface area contributed by atoms with Crippen molar-refractivity contribution >= 4 is 11.8 Å². The average molecular weight is 328 g/mol. The largest absolute Gasteiger partial charge is 0.392 e. The fourth-order valence-electron chi connectivity index (χ4n) is 2.09. The maximum Gasteiger partial charge on any atom is 0.320 e. The van der Waals surface area contributed by atoms with Crippen LogP contribution in [-0.4, -0.2) is 27.9 Å². The molecule has 2 aromatic rings. The minimum absolute atomic E-state index is 0.0377. The second kappa shape index (κ2) is 7.88. The van der Waals surface area contributed by atoms with Crippen molar-refractivity contribution in [1.82, 2.24) is 15.5 Å². The van der Waals surface area contributed by atoms with E-state index in [0.29, 0.717) is 18.8 Å². The third-order valence-electron chi connectivity index (χ3n) is 3.58. The predicted octanol–water partition coefficient (Wildman–Crippen LogP) is 2.63. The van der Waals surface area contributed by atoms with Crippen molar-refractivity contribution in [2.75, 3.05) is 11.9 Å². The molecule has 0 spiro atoms. The van der Waals surface area contributed by atoms with Gasteiger partial charge in [0.25, 0.3) is 0 Å². The first-order valence-corrected chi connectivity index (χ1v) is 7.96. The van der Waals surface area contributed by atoms with E-state index < -0.39 is 0 Å². The van der Waals surface area contributed by atoms with Crippen molar-refractivity contribution in [3.63, 3.8) is 0 Å². The van der Waals surface area contributed by atoms with Gasteiger partial charge >= 0.3 is 6.03 Å². The Morgan fingerprint density at radius 2 is 1.71 bits per heavy atom. The summed E-state index contributed by atoms with van der Waals surface area (Å²) in [6.45, 7) is 6.73. The summed E-state index contributed by atoms with van der Waals surface area (Å²) >= 11 is 0. The number of aromatic nitrogens is 2. The first kappa shape index (κ1) is 17.9. The van der Waals surface area contributed by atoms with Gasteiger partial charge in [-0.15, -0.1) is 5.10 Å². The molecule has 2 amide bonds. The number of aliphatic hydroxyl groups is 1. The molecule has 1 aromatic heterocycles. The lowest BCUT2D eigenvalue weighted by molar-refractivity contribution is 0.252. The zero-order valence-electron chi connectivity index (χ0n) is 14.3. The average Bonchev–Trinajstić information content (AvgIpc) is 2.55. The van der Waals surface area contributed by atoms with Crippen LogP contribution in [0.4, 0.5) is 10.6 Å². The number of nitrogens with one attached hydrogen (secondary N) is 2. The van der Waals surface area contributed by atoms with Gasteiger partial charge in [0.05, 0.1) is 12.3 Å². The van der Waals surface area contributed by atoms with Gasteiger partial charge in [0, 0.05) is 12.0 Å². The number of hydrogen-bond donors (Lipinski definition) is 3. The summed E-state index contributed by atoms with van der Waals surface area (Å²) in [7, 11) is 0. The molecule has 1 aromatic carbocycles. The number of anilines is 1. The second-order valence-electron chi connectivity index (χ2n) is 6.66. The number of nitrogens with zero attached hydrogens (tertiary/aromatic N) is 2. The quantitative estimate of drug-likeness (QED) is 0.787. The Kier molecular flexibility index (Phi) is 5.87. The molecular formula is C18H24N4O2. The molecule has 0 atom stereocenters. The van der Waals surface area contributed by atoms with Crippen molar-refractivity contribution in [2.45, 2.75) is 39.2 Å². The van der Waals surface area contributed by atoms with Crippen LogP contribution in [0.25, 0.3) is 0 Å². The Balaban J connectivity index is 1.78. The molecule has 24 heavy (non-hydrogen) atoms. The van der Waals surface area contributed by atoms with Crippen molar-refractivity contribution in [1.29, 1.82) is 0 Å². The third kappa shape index (κ3) is 5.31. The van der Waals surface area contributed by atoms with Gasteiger partial charge in [0.2, 0.25) is 0 Å². The topological polar surface area (TPSA) is 87.1 Å². The maximum atomic E-state index is 11.9. The molecule has 1 heterocycles. The lowest BCUT2D eigenvalue weighted by Gasteiger charge is -2.16. The fraction of sp³-hybridized carbons (Fsp3) is 0.389. The van der Waals surface area contributed by atoms with Crippen LogP contribution in [0, 0.1) is 0 Å². The van der Waals surface area contributed by atoms with E-state index in [4.69, 9.17) is 5.11 Å². The highest BCUT2D eigenvalue weighted by Gasteiger charge is 2.15. The molecule has 6 heteroatoms. The van der Waals surface area contributed by atoms with E-state index in [-0.39, 0.29) is 18.1 Å². The minimum Gasteiger partial charge on any atom is -0.392 e. The van der Waals surface area contributed by atoms with Crippen LogP contribution >= 0.6 is 0 Å². The van der Waals surface area contributed by atoms with E-state index >= 15 is 0 Å². The van der Waals surface area contributed by atoms with E-state index in [9.17, 15) is 4.79 Å². The third-order valence-corrected chi connectivity index (χ3v) is 3.58. The van der Waals surface area contributed by atoms with E-state index in [0.717, 1.165) is 16.8 Å². The number of carbonyl (C=O) groups is 1. The lowest BCUT2D eigenvalue weighted by Crippen LogP contribution is -2.31. The molecule has 0 unspecified atom stereocenters. The number of carbonyl (C=O) groups excluding carboxylic acids is 1. The van der Waals surface area contributed by atoms with Crippen LogP contribution in [0.2, 0.25) is 0 Å². The van der Waals surface area contributed by atoms with E-state index in [1.165, 1.54) is 0 Å². The van der Waals surface area contributed by atoms with Gasteiger partial charge in [0.15, 0.2) is 5.82 Å². The molecule has 2 rings (SSSR count). The molecule has 0 saturated heterocycles. The number of aliphatic hydroxyl groups excluding tert-OH is 1. The fourth-order valence-corrected chi connectivity index (χ4v) is 2.09. The molecular weight excluding hydrogens is 304 g/mol. The zero-order chi connectivity index (χ0) is 17.6. The van der Waals surface area contributed by atoms with E-state index in [1.807, 2.05) is 30.3 Å². The van der Waals surface area contributed by atoms with Crippen LogP contribution in [0.1, 0.15) is 37.6 Å². The van der Waals surface area contributed by atoms with Crippen LogP contribution < -0.4 is 10.6 Å². The van der Waals surface area contributed by atoms with Gasteiger partial charge in [0.1, 0.15) is 0 Å². The Labute approximate surface area is 142 Å². The van der Waals surface area contributed by atoms with Crippen LogP contribution in [0.3, 0.4) is 0 Å². The first-order valence-electron chi connectivity index (χ1n) is 7.96. The number of hydrogen-bond acceptors (Lipinski definition) is 4. The maximum absolute atomic E-state index is 11.9. The molecule has 128 valence electrons. The van der Waals surface area contributed by atoms with Crippen LogP contribution in [-0.2, 0) is 18.4 Å². The Bertz CT molecular complexity index is 661. The highest BCUT2D eigenvalue weighted by molar-refractivity contribution is 5.88.